The van der Waals surface area contributed by atoms with E-state index in [1.54, 1.807) is 11.9 Å². The van der Waals surface area contributed by atoms with E-state index in [1.807, 2.05) is 0 Å². The summed E-state index contributed by atoms with van der Waals surface area (Å²) in [4.78, 5) is 13.3. The minimum Gasteiger partial charge on any atom is -0.465 e. The van der Waals surface area contributed by atoms with Crippen LogP contribution in [0.5, 0.6) is 0 Å². The van der Waals surface area contributed by atoms with Gasteiger partial charge in [-0.3, -0.25) is 0 Å². The molecular weight excluding hydrogens is 247 g/mol. The lowest BCUT2D eigenvalue weighted by Crippen LogP contribution is -2.25. The number of hydrogen-bond donors (Lipinski definition) is 1. The second-order valence-electron chi connectivity index (χ2n) is 4.78. The smallest absolute Gasteiger partial charge is 0.340 e. The Labute approximate surface area is 113 Å². The van der Waals surface area contributed by atoms with Crippen molar-refractivity contribution in [3.05, 3.63) is 23.5 Å². The second-order valence-corrected chi connectivity index (χ2v) is 4.78. The van der Waals surface area contributed by atoms with Crippen molar-refractivity contribution in [2.75, 3.05) is 31.3 Å². The number of carbonyl (C=O) groups excluding carboxylic acids is 1. The third-order valence-electron chi connectivity index (χ3n) is 3.22. The van der Waals surface area contributed by atoms with Crippen molar-refractivity contribution in [2.24, 2.45) is 5.92 Å². The molecule has 5 heteroatoms. The lowest BCUT2D eigenvalue weighted by Gasteiger charge is -2.24. The summed E-state index contributed by atoms with van der Waals surface area (Å²) in [5.74, 6) is -0.560. The van der Waals surface area contributed by atoms with Crippen LogP contribution in [0.15, 0.2) is 12.1 Å². The topological polar surface area (TPSA) is 55.6 Å². The Balaban J connectivity index is 3.10. The number of carbonyl (C=O) groups is 1. The lowest BCUT2D eigenvalue weighted by atomic mass is 10.1. The molecule has 0 aliphatic carbocycles. The van der Waals surface area contributed by atoms with Crippen molar-refractivity contribution in [2.45, 2.75) is 20.3 Å². The van der Waals surface area contributed by atoms with Gasteiger partial charge in [-0.2, -0.15) is 0 Å². The quantitative estimate of drug-likeness (QED) is 0.659. The molecule has 0 spiro atoms. The number of anilines is 2. The molecule has 0 saturated carbocycles. The number of benzene rings is 1. The Morgan fingerprint density at radius 1 is 1.53 bits per heavy atom. The van der Waals surface area contributed by atoms with E-state index in [0.717, 1.165) is 12.5 Å². The maximum Gasteiger partial charge on any atom is 0.340 e. The van der Waals surface area contributed by atoms with Gasteiger partial charge < -0.3 is 15.4 Å². The first-order chi connectivity index (χ1) is 8.90. The summed E-state index contributed by atoms with van der Waals surface area (Å²) in [6, 6.07) is 2.60. The number of methoxy groups -OCH3 is 1. The molecule has 1 aromatic rings. The molecule has 1 atom stereocenters. The van der Waals surface area contributed by atoms with Crippen LogP contribution in [0.3, 0.4) is 0 Å². The highest BCUT2D eigenvalue weighted by atomic mass is 19.1. The van der Waals surface area contributed by atoms with Crippen molar-refractivity contribution >= 4 is 17.3 Å². The first kappa shape index (κ1) is 15.3. The van der Waals surface area contributed by atoms with Crippen LogP contribution in [0.4, 0.5) is 15.8 Å². The zero-order valence-electron chi connectivity index (χ0n) is 11.9. The molecule has 106 valence electrons. The van der Waals surface area contributed by atoms with Crippen LogP contribution in [-0.4, -0.2) is 26.7 Å². The fraction of sp³-hybridized carbons (Fsp3) is 0.500. The molecule has 0 aliphatic heterocycles. The summed E-state index contributed by atoms with van der Waals surface area (Å²) in [5, 5.41) is 0. The molecule has 4 nitrogen and oxygen atoms in total. The monoisotopic (exact) mass is 268 g/mol. The molecular formula is C14H21FN2O2. The molecule has 0 aromatic heterocycles. The highest BCUT2D eigenvalue weighted by Crippen LogP contribution is 2.26. The van der Waals surface area contributed by atoms with E-state index < -0.39 is 11.8 Å². The zero-order chi connectivity index (χ0) is 14.6. The number of nitrogens with zero attached hydrogens (tertiary/aromatic N) is 1. The van der Waals surface area contributed by atoms with E-state index in [1.165, 1.54) is 13.2 Å². The van der Waals surface area contributed by atoms with Gasteiger partial charge >= 0.3 is 5.97 Å². The summed E-state index contributed by atoms with van der Waals surface area (Å²) in [6.07, 6.45) is 1.00. The van der Waals surface area contributed by atoms with E-state index in [-0.39, 0.29) is 11.3 Å². The van der Waals surface area contributed by atoms with E-state index in [2.05, 4.69) is 18.6 Å². The molecule has 0 fully saturated rings. The fourth-order valence-corrected chi connectivity index (χ4v) is 1.85. The van der Waals surface area contributed by atoms with Gasteiger partial charge in [-0.15, -0.1) is 0 Å². The second kappa shape index (κ2) is 6.41. The molecule has 0 heterocycles. The number of nitrogens with two attached hydrogens (primary N) is 1. The van der Waals surface area contributed by atoms with Crippen molar-refractivity contribution < 1.29 is 13.9 Å². The van der Waals surface area contributed by atoms with Gasteiger partial charge in [0.25, 0.3) is 0 Å². The molecule has 2 N–H and O–H groups in total. The van der Waals surface area contributed by atoms with Crippen molar-refractivity contribution in [3.8, 4) is 0 Å². The Morgan fingerprint density at radius 3 is 2.68 bits per heavy atom. The molecule has 0 saturated heterocycles. The van der Waals surface area contributed by atoms with Crippen LogP contribution < -0.4 is 10.6 Å². The van der Waals surface area contributed by atoms with Gasteiger partial charge in [0.05, 0.1) is 18.4 Å². The minimum atomic E-state index is -0.560. The average molecular weight is 268 g/mol. The average Bonchev–Trinajstić information content (AvgIpc) is 2.37. The van der Waals surface area contributed by atoms with Gasteiger partial charge in [0.2, 0.25) is 0 Å². The largest absolute Gasteiger partial charge is 0.465 e. The third kappa shape index (κ3) is 3.59. The minimum absolute atomic E-state index is 0.0880. The molecule has 0 bridgehead atoms. The Kier molecular flexibility index (Phi) is 5.15. The number of hydrogen-bond acceptors (Lipinski definition) is 4. The summed E-state index contributed by atoms with van der Waals surface area (Å²) in [5.41, 5.74) is 6.27. The van der Waals surface area contributed by atoms with E-state index in [4.69, 9.17) is 5.73 Å². The summed E-state index contributed by atoms with van der Waals surface area (Å²) < 4.78 is 18.6. The number of rotatable bonds is 5. The van der Waals surface area contributed by atoms with Crippen LogP contribution >= 0.6 is 0 Å². The van der Waals surface area contributed by atoms with E-state index >= 15 is 0 Å². The lowest BCUT2D eigenvalue weighted by molar-refractivity contribution is 0.0602. The van der Waals surface area contributed by atoms with Gasteiger partial charge in [0, 0.05) is 19.3 Å². The van der Waals surface area contributed by atoms with E-state index in [0.29, 0.717) is 18.2 Å². The van der Waals surface area contributed by atoms with Crippen molar-refractivity contribution in [3.63, 3.8) is 0 Å². The highest BCUT2D eigenvalue weighted by molar-refractivity contribution is 5.96. The molecule has 0 aliphatic rings. The van der Waals surface area contributed by atoms with Crippen LogP contribution in [0.2, 0.25) is 0 Å². The zero-order valence-corrected chi connectivity index (χ0v) is 11.9. The first-order valence-corrected chi connectivity index (χ1v) is 6.29. The van der Waals surface area contributed by atoms with Gasteiger partial charge in [-0.25, -0.2) is 9.18 Å². The molecule has 1 unspecified atom stereocenters. The molecule has 1 aromatic carbocycles. The fourth-order valence-electron chi connectivity index (χ4n) is 1.85. The maximum absolute atomic E-state index is 13.9. The Bertz CT molecular complexity index is 463. The van der Waals surface area contributed by atoms with Crippen LogP contribution in [0, 0.1) is 11.7 Å². The summed E-state index contributed by atoms with van der Waals surface area (Å²) in [6.45, 7) is 4.88. The first-order valence-electron chi connectivity index (χ1n) is 6.29. The number of esters is 1. The van der Waals surface area contributed by atoms with Gasteiger partial charge in [-0.05, 0) is 18.1 Å². The predicted octanol–water partition coefficient (Wildman–Crippen LogP) is 2.68. The SMILES string of the molecule is CCC(C)CN(C)c1cc(C(=O)OC)c(N)cc1F. The van der Waals surface area contributed by atoms with Gasteiger partial charge in [0.1, 0.15) is 5.82 Å². The van der Waals surface area contributed by atoms with Crippen LogP contribution in [-0.2, 0) is 4.74 Å². The number of halogens is 1. The molecule has 1 rings (SSSR count). The standard InChI is InChI=1S/C14H21FN2O2/c1-5-9(2)8-17(3)13-6-10(14(18)19-4)12(16)7-11(13)15/h6-7,9H,5,8,16H2,1-4H3. The number of ether oxygens (including phenoxy) is 1. The number of nitrogen functional groups attached to an aromatic ring is 1. The summed E-state index contributed by atoms with van der Waals surface area (Å²) >= 11 is 0. The highest BCUT2D eigenvalue weighted by Gasteiger charge is 2.17. The third-order valence-corrected chi connectivity index (χ3v) is 3.22. The Morgan fingerprint density at radius 2 is 2.16 bits per heavy atom. The summed E-state index contributed by atoms with van der Waals surface area (Å²) in [7, 11) is 3.06. The van der Waals surface area contributed by atoms with Crippen LogP contribution in [0.25, 0.3) is 0 Å². The maximum atomic E-state index is 13.9. The molecule has 0 amide bonds. The van der Waals surface area contributed by atoms with Crippen LogP contribution in [0.1, 0.15) is 30.6 Å². The predicted molar refractivity (Wildman–Crippen MR) is 74.9 cm³/mol. The molecule has 0 radical (unpaired) electrons. The van der Waals surface area contributed by atoms with Gasteiger partial charge in [-0.1, -0.05) is 20.3 Å². The van der Waals surface area contributed by atoms with E-state index in [9.17, 15) is 9.18 Å². The Hall–Kier alpha value is -1.78. The normalized spacial score (nSPS) is 12.1. The van der Waals surface area contributed by atoms with Crippen molar-refractivity contribution in [1.82, 2.24) is 0 Å². The van der Waals surface area contributed by atoms with Crippen molar-refractivity contribution in [1.29, 1.82) is 0 Å². The molecule has 19 heavy (non-hydrogen) atoms. The van der Waals surface area contributed by atoms with Gasteiger partial charge in [0.15, 0.2) is 0 Å².